The minimum absolute atomic E-state index is 0. The van der Waals surface area contributed by atoms with Crippen molar-refractivity contribution >= 4 is 18.3 Å². The molecule has 3 nitrogen and oxygen atoms in total. The minimum atomic E-state index is -2.64. The van der Waals surface area contributed by atoms with Crippen LogP contribution in [0, 0.1) is 5.92 Å². The fourth-order valence-corrected chi connectivity index (χ4v) is 1.83. The van der Waals surface area contributed by atoms with Crippen LogP contribution in [0.4, 0.5) is 8.78 Å². The maximum absolute atomic E-state index is 12.6. The summed E-state index contributed by atoms with van der Waals surface area (Å²) in [6, 6.07) is -0.837. The van der Waals surface area contributed by atoms with E-state index in [1.165, 1.54) is 4.90 Å². The van der Waals surface area contributed by atoms with E-state index in [0.29, 0.717) is 13.0 Å². The van der Waals surface area contributed by atoms with E-state index in [2.05, 4.69) is 0 Å². The number of amides is 1. The van der Waals surface area contributed by atoms with E-state index in [1.807, 2.05) is 0 Å². The third-order valence-electron chi connectivity index (χ3n) is 2.80. The number of nitrogens with two attached hydrogens (primary N) is 1. The van der Waals surface area contributed by atoms with Crippen molar-refractivity contribution in [3.8, 4) is 0 Å². The fourth-order valence-electron chi connectivity index (χ4n) is 1.83. The number of carbonyl (C=O) groups excluding carboxylic acids is 1. The largest absolute Gasteiger partial charge is 0.333 e. The van der Waals surface area contributed by atoms with Crippen LogP contribution in [-0.2, 0) is 4.79 Å². The maximum Gasteiger partial charge on any atom is 0.270 e. The highest BCUT2D eigenvalue weighted by atomic mass is 35.5. The number of nitrogens with zero attached hydrogens (tertiary/aromatic N) is 1. The zero-order valence-corrected chi connectivity index (χ0v) is 8.40. The van der Waals surface area contributed by atoms with Crippen molar-refractivity contribution in [3.63, 3.8) is 0 Å². The average molecular weight is 227 g/mol. The number of alkyl halides is 2. The molecule has 1 aliphatic heterocycles. The van der Waals surface area contributed by atoms with Crippen LogP contribution in [0.5, 0.6) is 0 Å². The van der Waals surface area contributed by atoms with E-state index in [1.54, 1.807) is 0 Å². The van der Waals surface area contributed by atoms with Crippen molar-refractivity contribution in [2.45, 2.75) is 24.8 Å². The number of rotatable bonds is 2. The molecule has 1 aliphatic carbocycles. The third-order valence-corrected chi connectivity index (χ3v) is 2.80. The fraction of sp³-hybridized carbons (Fsp3) is 0.875. The molecule has 0 aromatic rings. The van der Waals surface area contributed by atoms with Gasteiger partial charge >= 0.3 is 0 Å². The van der Waals surface area contributed by atoms with Crippen LogP contribution in [0.1, 0.15) is 12.8 Å². The Labute approximate surface area is 87.0 Å². The van der Waals surface area contributed by atoms with Crippen molar-refractivity contribution in [2.75, 3.05) is 13.1 Å². The highest BCUT2D eigenvalue weighted by Crippen LogP contribution is 2.47. The molecule has 1 saturated heterocycles. The summed E-state index contributed by atoms with van der Waals surface area (Å²) in [6.07, 6.45) is 0.456. The van der Waals surface area contributed by atoms with E-state index in [-0.39, 0.29) is 37.2 Å². The van der Waals surface area contributed by atoms with Crippen LogP contribution in [0.15, 0.2) is 0 Å². The highest BCUT2D eigenvalue weighted by Gasteiger charge is 2.62. The first kappa shape index (κ1) is 11.7. The summed E-state index contributed by atoms with van der Waals surface area (Å²) in [6.45, 7) is 0.717. The molecule has 2 fully saturated rings. The van der Waals surface area contributed by atoms with E-state index in [9.17, 15) is 13.6 Å². The van der Waals surface area contributed by atoms with Crippen LogP contribution in [-0.4, -0.2) is 35.9 Å². The quantitative estimate of drug-likeness (QED) is 0.751. The van der Waals surface area contributed by atoms with Gasteiger partial charge in [0.1, 0.15) is 6.04 Å². The zero-order valence-electron chi connectivity index (χ0n) is 7.58. The molecule has 0 aromatic heterocycles. The van der Waals surface area contributed by atoms with Crippen molar-refractivity contribution in [1.29, 1.82) is 0 Å². The van der Waals surface area contributed by atoms with Gasteiger partial charge in [0.25, 0.3) is 5.92 Å². The molecule has 2 unspecified atom stereocenters. The average Bonchev–Trinajstić information content (AvgIpc) is 2.55. The van der Waals surface area contributed by atoms with E-state index >= 15 is 0 Å². The van der Waals surface area contributed by atoms with Gasteiger partial charge in [-0.15, -0.1) is 12.4 Å². The molecule has 2 N–H and O–H groups in total. The number of halogens is 3. The summed E-state index contributed by atoms with van der Waals surface area (Å²) in [5.74, 6) is -3.06. The minimum Gasteiger partial charge on any atom is -0.333 e. The Kier molecular flexibility index (Phi) is 3.02. The lowest BCUT2D eigenvalue weighted by Crippen LogP contribution is -2.34. The molecule has 2 aliphatic rings. The Balaban J connectivity index is 0.000000980. The molecule has 6 heteroatoms. The Hall–Kier alpha value is -0.420. The van der Waals surface area contributed by atoms with E-state index < -0.39 is 12.0 Å². The first-order chi connectivity index (χ1) is 6.06. The topological polar surface area (TPSA) is 46.3 Å². The Morgan fingerprint density at radius 1 is 1.57 bits per heavy atom. The summed E-state index contributed by atoms with van der Waals surface area (Å²) in [5.41, 5.74) is 5.34. The van der Waals surface area contributed by atoms with Crippen molar-refractivity contribution in [3.05, 3.63) is 0 Å². The van der Waals surface area contributed by atoms with Gasteiger partial charge in [0.05, 0.1) is 5.92 Å². The second-order valence-electron chi connectivity index (χ2n) is 3.73. The Bertz CT molecular complexity index is 249. The smallest absolute Gasteiger partial charge is 0.270 e. The highest BCUT2D eigenvalue weighted by molar-refractivity contribution is 5.85. The lowest BCUT2D eigenvalue weighted by molar-refractivity contribution is -0.132. The van der Waals surface area contributed by atoms with Crippen LogP contribution in [0.3, 0.4) is 0 Å². The Morgan fingerprint density at radius 2 is 2.14 bits per heavy atom. The Morgan fingerprint density at radius 3 is 2.50 bits per heavy atom. The number of likely N-dealkylation sites (tertiary alicyclic amines) is 1. The molecule has 0 aromatic carbocycles. The van der Waals surface area contributed by atoms with Crippen molar-refractivity contribution in [1.82, 2.24) is 4.90 Å². The van der Waals surface area contributed by atoms with Crippen molar-refractivity contribution in [2.24, 2.45) is 11.7 Å². The van der Waals surface area contributed by atoms with Gasteiger partial charge in [0, 0.05) is 19.5 Å². The molecule has 1 amide bonds. The number of hydrogen-bond acceptors (Lipinski definition) is 2. The lowest BCUT2D eigenvalue weighted by Gasteiger charge is -2.15. The van der Waals surface area contributed by atoms with E-state index in [4.69, 9.17) is 5.73 Å². The third kappa shape index (κ3) is 1.70. The summed E-state index contributed by atoms with van der Waals surface area (Å²) in [4.78, 5) is 12.7. The number of hydrogen-bond donors (Lipinski definition) is 1. The van der Waals surface area contributed by atoms with Gasteiger partial charge in [-0.3, -0.25) is 4.79 Å². The van der Waals surface area contributed by atoms with E-state index in [0.717, 1.165) is 0 Å². The van der Waals surface area contributed by atoms with Crippen LogP contribution >= 0.6 is 12.4 Å². The van der Waals surface area contributed by atoms with Gasteiger partial charge in [-0.1, -0.05) is 0 Å². The molecule has 82 valence electrons. The molecule has 2 rings (SSSR count). The molecule has 0 radical (unpaired) electrons. The summed E-state index contributed by atoms with van der Waals surface area (Å²) >= 11 is 0. The van der Waals surface area contributed by atoms with Gasteiger partial charge in [-0.2, -0.15) is 0 Å². The predicted octanol–water partition coefficient (Wildman–Crippen LogP) is 0.623. The van der Waals surface area contributed by atoms with Crippen molar-refractivity contribution < 1.29 is 13.6 Å². The predicted molar refractivity (Wildman–Crippen MR) is 49.5 cm³/mol. The molecule has 0 bridgehead atoms. The molecule has 2 atom stereocenters. The second-order valence-corrected chi connectivity index (χ2v) is 3.73. The van der Waals surface area contributed by atoms with Crippen LogP contribution in [0.2, 0.25) is 0 Å². The molecule has 0 spiro atoms. The number of carbonyl (C=O) groups is 1. The zero-order chi connectivity index (χ0) is 9.64. The maximum atomic E-state index is 12.6. The SMILES string of the molecule is Cl.NCC1CCN(C2CC2(F)F)C1=O. The van der Waals surface area contributed by atoms with Gasteiger partial charge in [0.2, 0.25) is 5.91 Å². The summed E-state index contributed by atoms with van der Waals surface area (Å²) in [7, 11) is 0. The van der Waals surface area contributed by atoms with Gasteiger partial charge in [-0.05, 0) is 6.42 Å². The molecule has 1 saturated carbocycles. The monoisotopic (exact) mass is 226 g/mol. The normalized spacial score (nSPS) is 34.2. The van der Waals surface area contributed by atoms with Crippen LogP contribution in [0.25, 0.3) is 0 Å². The van der Waals surface area contributed by atoms with Gasteiger partial charge < -0.3 is 10.6 Å². The molecular formula is C8H13ClF2N2O. The van der Waals surface area contributed by atoms with Gasteiger partial charge in [0.15, 0.2) is 0 Å². The lowest BCUT2D eigenvalue weighted by atomic mass is 10.1. The van der Waals surface area contributed by atoms with Crippen LogP contribution < -0.4 is 5.73 Å². The first-order valence-corrected chi connectivity index (χ1v) is 4.44. The molecule has 1 heterocycles. The standard InChI is InChI=1S/C8H12F2N2O.ClH/c9-8(10)3-6(8)12-2-1-5(4-11)7(12)13;/h5-6H,1-4,11H2;1H. The first-order valence-electron chi connectivity index (χ1n) is 4.44. The van der Waals surface area contributed by atoms with Gasteiger partial charge in [-0.25, -0.2) is 8.78 Å². The molecular weight excluding hydrogens is 214 g/mol. The summed E-state index contributed by atoms with van der Waals surface area (Å²) in [5, 5.41) is 0. The molecule has 14 heavy (non-hydrogen) atoms. The second kappa shape index (κ2) is 3.62. The summed E-state index contributed by atoms with van der Waals surface area (Å²) < 4.78 is 25.3.